The van der Waals surface area contributed by atoms with Crippen LogP contribution in [0, 0.1) is 6.92 Å². The van der Waals surface area contributed by atoms with Crippen LogP contribution in [0.5, 0.6) is 0 Å². The number of hydrogen-bond donors (Lipinski definition) is 1. The number of rotatable bonds is 12. The van der Waals surface area contributed by atoms with Gasteiger partial charge < -0.3 is 10.2 Å². The smallest absolute Gasteiger partial charge is 0.244 e. The monoisotopic (exact) mass is 541 g/mol. The Kier molecular flexibility index (Phi) is 10.9. The fraction of sp³-hybridized carbons (Fsp3) is 0.440. The second kappa shape index (κ2) is 13.1. The number of carbonyl (C=O) groups excluding carboxylic acids is 2. The van der Waals surface area contributed by atoms with Gasteiger partial charge in [-0.25, -0.2) is 8.42 Å². The van der Waals surface area contributed by atoms with Crippen molar-refractivity contribution in [2.24, 2.45) is 0 Å². The highest BCUT2D eigenvalue weighted by Gasteiger charge is 2.32. The van der Waals surface area contributed by atoms with Gasteiger partial charge in [-0.1, -0.05) is 73.3 Å². The van der Waals surface area contributed by atoms with Gasteiger partial charge in [-0.05, 0) is 43.5 Å². The number of aryl methyl sites for hydroxylation is 1. The fourth-order valence-corrected chi connectivity index (χ4v) is 5.02. The summed E-state index contributed by atoms with van der Waals surface area (Å²) in [5, 5.41) is 3.34. The average molecular weight is 543 g/mol. The standard InChI is InChI=1S/C25H33Cl2N3O4S/c1-5-7-14-28-25(32)22(6-2)29(16-19-10-8-18(3)9-11-19)24(31)17-30(35(4,33)34)23-13-12-20(26)15-21(23)27/h8-13,15,22H,5-7,14,16-17H2,1-4H3,(H,28,32)/t22-/m0/s1. The Morgan fingerprint density at radius 1 is 1.06 bits per heavy atom. The van der Waals surface area contributed by atoms with E-state index in [1.54, 1.807) is 0 Å². The molecule has 0 unspecified atom stereocenters. The SMILES string of the molecule is CCCCNC(=O)[C@H](CC)N(Cc1ccc(C)cc1)C(=O)CN(c1ccc(Cl)cc1Cl)S(C)(=O)=O. The van der Waals surface area contributed by atoms with E-state index in [0.717, 1.165) is 34.5 Å². The zero-order chi connectivity index (χ0) is 26.2. The highest BCUT2D eigenvalue weighted by atomic mass is 35.5. The van der Waals surface area contributed by atoms with Crippen molar-refractivity contribution in [3.63, 3.8) is 0 Å². The van der Waals surface area contributed by atoms with Crippen LogP contribution in [0.25, 0.3) is 0 Å². The van der Waals surface area contributed by atoms with E-state index in [2.05, 4.69) is 5.32 Å². The predicted molar refractivity (Wildman–Crippen MR) is 142 cm³/mol. The van der Waals surface area contributed by atoms with E-state index in [1.807, 2.05) is 45.0 Å². The van der Waals surface area contributed by atoms with E-state index in [4.69, 9.17) is 23.2 Å². The molecule has 0 heterocycles. The van der Waals surface area contributed by atoms with E-state index >= 15 is 0 Å². The third-order valence-electron chi connectivity index (χ3n) is 5.55. The molecule has 2 aromatic rings. The molecule has 10 heteroatoms. The van der Waals surface area contributed by atoms with Gasteiger partial charge >= 0.3 is 0 Å². The summed E-state index contributed by atoms with van der Waals surface area (Å²) >= 11 is 12.2. The molecule has 0 aliphatic heterocycles. The second-order valence-corrected chi connectivity index (χ2v) is 11.2. The van der Waals surface area contributed by atoms with Crippen molar-refractivity contribution in [3.05, 3.63) is 63.6 Å². The summed E-state index contributed by atoms with van der Waals surface area (Å²) in [5.74, 6) is -0.781. The summed E-state index contributed by atoms with van der Waals surface area (Å²) < 4.78 is 26.3. The second-order valence-electron chi connectivity index (χ2n) is 8.44. The van der Waals surface area contributed by atoms with Gasteiger partial charge in [-0.15, -0.1) is 0 Å². The molecular formula is C25H33Cl2N3O4S. The van der Waals surface area contributed by atoms with Crippen LogP contribution in [0.2, 0.25) is 10.0 Å². The summed E-state index contributed by atoms with van der Waals surface area (Å²) in [5.41, 5.74) is 2.04. The number of anilines is 1. The third-order valence-corrected chi connectivity index (χ3v) is 7.21. The first-order chi connectivity index (χ1) is 16.5. The summed E-state index contributed by atoms with van der Waals surface area (Å²) in [6.07, 6.45) is 3.12. The molecule has 1 N–H and O–H groups in total. The molecule has 0 bridgehead atoms. The van der Waals surface area contributed by atoms with Crippen LogP contribution >= 0.6 is 23.2 Å². The Labute approximate surface area is 218 Å². The number of halogens is 2. The van der Waals surface area contributed by atoms with Crippen molar-refractivity contribution in [1.82, 2.24) is 10.2 Å². The van der Waals surface area contributed by atoms with Crippen LogP contribution in [-0.4, -0.2) is 50.5 Å². The lowest BCUT2D eigenvalue weighted by molar-refractivity contribution is -0.140. The normalized spacial score (nSPS) is 12.2. The Hall–Kier alpha value is -2.29. The highest BCUT2D eigenvalue weighted by molar-refractivity contribution is 7.92. The van der Waals surface area contributed by atoms with Gasteiger partial charge in [0, 0.05) is 18.1 Å². The number of hydrogen-bond acceptors (Lipinski definition) is 4. The lowest BCUT2D eigenvalue weighted by atomic mass is 10.1. The summed E-state index contributed by atoms with van der Waals surface area (Å²) in [4.78, 5) is 28.1. The Morgan fingerprint density at radius 3 is 2.26 bits per heavy atom. The van der Waals surface area contributed by atoms with Crippen LogP contribution in [-0.2, 0) is 26.2 Å². The van der Waals surface area contributed by atoms with E-state index < -0.39 is 28.5 Å². The molecule has 1 atom stereocenters. The molecule has 0 saturated heterocycles. The molecule has 0 fully saturated rings. The quantitative estimate of drug-likeness (QED) is 0.391. The Morgan fingerprint density at radius 2 is 1.71 bits per heavy atom. The maximum absolute atomic E-state index is 13.6. The summed E-state index contributed by atoms with van der Waals surface area (Å²) in [6.45, 7) is 5.97. The molecule has 2 rings (SSSR count). The highest BCUT2D eigenvalue weighted by Crippen LogP contribution is 2.30. The summed E-state index contributed by atoms with van der Waals surface area (Å²) in [7, 11) is -3.87. The predicted octanol–water partition coefficient (Wildman–Crippen LogP) is 4.79. The van der Waals surface area contributed by atoms with Crippen LogP contribution in [0.3, 0.4) is 0 Å². The minimum atomic E-state index is -3.87. The van der Waals surface area contributed by atoms with E-state index in [0.29, 0.717) is 18.0 Å². The van der Waals surface area contributed by atoms with Crippen molar-refractivity contribution in [1.29, 1.82) is 0 Å². The van der Waals surface area contributed by atoms with Crippen LogP contribution < -0.4 is 9.62 Å². The lowest BCUT2D eigenvalue weighted by Gasteiger charge is -2.33. The molecule has 0 aliphatic rings. The molecule has 0 aliphatic carbocycles. The van der Waals surface area contributed by atoms with Gasteiger partial charge in [0.15, 0.2) is 0 Å². The summed E-state index contributed by atoms with van der Waals surface area (Å²) in [6, 6.07) is 11.3. The number of amides is 2. The number of sulfonamides is 1. The van der Waals surface area contributed by atoms with Gasteiger partial charge in [-0.3, -0.25) is 13.9 Å². The first kappa shape index (κ1) is 28.9. The minimum Gasteiger partial charge on any atom is -0.354 e. The van der Waals surface area contributed by atoms with Gasteiger partial charge in [0.25, 0.3) is 0 Å². The molecular weight excluding hydrogens is 509 g/mol. The maximum atomic E-state index is 13.6. The third kappa shape index (κ3) is 8.40. The van der Waals surface area contributed by atoms with E-state index in [1.165, 1.54) is 23.1 Å². The van der Waals surface area contributed by atoms with E-state index in [-0.39, 0.29) is 23.2 Å². The van der Waals surface area contributed by atoms with Crippen molar-refractivity contribution in [2.45, 2.75) is 52.6 Å². The molecule has 0 spiro atoms. The van der Waals surface area contributed by atoms with Gasteiger partial charge in [0.05, 0.1) is 17.0 Å². The van der Waals surface area contributed by atoms with Crippen molar-refractivity contribution in [2.75, 3.05) is 23.7 Å². The molecule has 7 nitrogen and oxygen atoms in total. The Balaban J connectivity index is 2.42. The molecule has 192 valence electrons. The maximum Gasteiger partial charge on any atom is 0.244 e. The van der Waals surface area contributed by atoms with Gasteiger partial charge in [-0.2, -0.15) is 0 Å². The molecule has 35 heavy (non-hydrogen) atoms. The minimum absolute atomic E-state index is 0.102. The van der Waals surface area contributed by atoms with Crippen molar-refractivity contribution in [3.8, 4) is 0 Å². The zero-order valence-electron chi connectivity index (χ0n) is 20.6. The molecule has 0 saturated carbocycles. The molecule has 2 aromatic carbocycles. The van der Waals surface area contributed by atoms with Gasteiger partial charge in [0.2, 0.25) is 21.8 Å². The van der Waals surface area contributed by atoms with Crippen LogP contribution in [0.1, 0.15) is 44.2 Å². The number of benzene rings is 2. The first-order valence-corrected chi connectivity index (χ1v) is 14.1. The largest absolute Gasteiger partial charge is 0.354 e. The van der Waals surface area contributed by atoms with E-state index in [9.17, 15) is 18.0 Å². The van der Waals surface area contributed by atoms with Crippen molar-refractivity contribution >= 4 is 50.7 Å². The fourth-order valence-electron chi connectivity index (χ4n) is 3.59. The van der Waals surface area contributed by atoms with Gasteiger partial charge in [0.1, 0.15) is 12.6 Å². The molecule has 0 radical (unpaired) electrons. The lowest BCUT2D eigenvalue weighted by Crippen LogP contribution is -2.52. The van der Waals surface area contributed by atoms with Crippen LogP contribution in [0.4, 0.5) is 5.69 Å². The Bertz CT molecular complexity index is 1120. The zero-order valence-corrected chi connectivity index (χ0v) is 22.9. The molecule has 0 aromatic heterocycles. The average Bonchev–Trinajstić information content (AvgIpc) is 2.78. The number of nitrogens with zero attached hydrogens (tertiary/aromatic N) is 2. The number of carbonyl (C=O) groups is 2. The topological polar surface area (TPSA) is 86.8 Å². The first-order valence-electron chi connectivity index (χ1n) is 11.5. The number of nitrogens with one attached hydrogen (secondary N) is 1. The van der Waals surface area contributed by atoms with Crippen molar-refractivity contribution < 1.29 is 18.0 Å². The van der Waals surface area contributed by atoms with Crippen LogP contribution in [0.15, 0.2) is 42.5 Å². The molecule has 2 amide bonds. The number of unbranched alkanes of at least 4 members (excludes halogenated alkanes) is 1.